The number of guanidine groups is 1. The summed E-state index contributed by atoms with van der Waals surface area (Å²) in [6, 6.07) is 17.8. The van der Waals surface area contributed by atoms with Crippen LogP contribution in [0.2, 0.25) is 0 Å². The van der Waals surface area contributed by atoms with E-state index in [-0.39, 0.29) is 17.1 Å². The van der Waals surface area contributed by atoms with Crippen LogP contribution in [0.5, 0.6) is 11.5 Å². The number of amides is 1. The van der Waals surface area contributed by atoms with E-state index in [1.807, 2.05) is 41.9 Å². The van der Waals surface area contributed by atoms with Crippen LogP contribution in [-0.4, -0.2) is 74.7 Å². The van der Waals surface area contributed by atoms with Gasteiger partial charge in [0.25, 0.3) is 5.91 Å². The number of sulfone groups is 1. The van der Waals surface area contributed by atoms with Crippen LogP contribution in [0.1, 0.15) is 67.2 Å². The molecule has 0 aliphatic carbocycles. The molecule has 1 atom stereocenters. The number of aliphatic imine (C=N–C) groups is 2. The predicted molar refractivity (Wildman–Crippen MR) is 225 cm³/mol. The van der Waals surface area contributed by atoms with Crippen molar-refractivity contribution in [1.29, 1.82) is 0 Å². The Bertz CT molecular complexity index is 2480. The number of benzene rings is 3. The molecule has 0 bridgehead atoms. The number of hydrogen-bond donors (Lipinski definition) is 2. The number of para-hydroxylation sites is 1. The zero-order valence-corrected chi connectivity index (χ0v) is 33.8. The van der Waals surface area contributed by atoms with E-state index in [9.17, 15) is 22.0 Å². The molecule has 1 fully saturated rings. The second-order valence-corrected chi connectivity index (χ2v) is 16.8. The molecule has 7 rings (SSSR count). The van der Waals surface area contributed by atoms with Crippen molar-refractivity contribution in [2.75, 3.05) is 54.3 Å². The van der Waals surface area contributed by atoms with Crippen LogP contribution in [0.25, 0.3) is 16.9 Å². The number of imidazole rings is 1. The van der Waals surface area contributed by atoms with Crippen molar-refractivity contribution in [2.24, 2.45) is 15.9 Å². The molecule has 58 heavy (non-hydrogen) atoms. The van der Waals surface area contributed by atoms with Crippen molar-refractivity contribution in [1.82, 2.24) is 9.38 Å². The Kier molecular flexibility index (Phi) is 12.1. The van der Waals surface area contributed by atoms with Crippen LogP contribution in [-0.2, 0) is 16.3 Å². The summed E-state index contributed by atoms with van der Waals surface area (Å²) in [4.78, 5) is 30.6. The number of nitrogens with zero attached hydrogens (tertiary/aromatic N) is 5. The molecule has 0 radical (unpaired) electrons. The highest BCUT2D eigenvalue weighted by Gasteiger charge is 2.28. The van der Waals surface area contributed by atoms with Gasteiger partial charge in [0.1, 0.15) is 50.3 Å². The van der Waals surface area contributed by atoms with Crippen molar-refractivity contribution < 1.29 is 31.5 Å². The number of rotatable bonds is 13. The lowest BCUT2D eigenvalue weighted by Crippen LogP contribution is -2.35. The largest absolute Gasteiger partial charge is 0.496 e. The third-order valence-corrected chi connectivity index (χ3v) is 11.6. The monoisotopic (exact) mass is 811 g/mol. The van der Waals surface area contributed by atoms with Crippen LogP contribution >= 0.6 is 0 Å². The van der Waals surface area contributed by atoms with E-state index < -0.39 is 39.1 Å². The molecule has 1 unspecified atom stereocenters. The van der Waals surface area contributed by atoms with Gasteiger partial charge < -0.3 is 29.4 Å². The molecule has 1 amide bonds. The lowest BCUT2D eigenvalue weighted by molar-refractivity contribution is 0.102. The minimum Gasteiger partial charge on any atom is -0.496 e. The van der Waals surface area contributed by atoms with Crippen LogP contribution in [0.4, 0.5) is 25.8 Å². The van der Waals surface area contributed by atoms with Gasteiger partial charge in [0.05, 0.1) is 42.1 Å². The normalized spacial score (nSPS) is 16.0. The predicted octanol–water partition coefficient (Wildman–Crippen LogP) is 8.14. The molecule has 1 saturated heterocycles. The first-order chi connectivity index (χ1) is 28.0. The van der Waals surface area contributed by atoms with E-state index >= 15 is 0 Å². The third-order valence-electron chi connectivity index (χ3n) is 10.6. The van der Waals surface area contributed by atoms with Crippen molar-refractivity contribution in [3.05, 3.63) is 101 Å². The van der Waals surface area contributed by atoms with E-state index in [2.05, 4.69) is 39.6 Å². The molecule has 3 aromatic carbocycles. The molecular weight excluding hydrogens is 765 g/mol. The number of ether oxygens (including phenoxy) is 2. The number of aromatic nitrogens is 2. The highest BCUT2D eigenvalue weighted by atomic mass is 32.2. The number of anilines is 3. The molecule has 4 heterocycles. The lowest BCUT2D eigenvalue weighted by Gasteiger charge is -2.35. The van der Waals surface area contributed by atoms with Crippen molar-refractivity contribution >= 4 is 50.6 Å². The zero-order valence-electron chi connectivity index (χ0n) is 33.0. The van der Waals surface area contributed by atoms with Gasteiger partial charge in [-0.3, -0.25) is 4.79 Å². The number of pyridine rings is 1. The maximum absolute atomic E-state index is 14.5. The molecule has 304 valence electrons. The van der Waals surface area contributed by atoms with Crippen LogP contribution in [0.3, 0.4) is 0 Å². The van der Waals surface area contributed by atoms with Gasteiger partial charge >= 0.3 is 0 Å². The van der Waals surface area contributed by atoms with Crippen LogP contribution in [0.15, 0.2) is 82.9 Å². The molecular formula is C43H47F2N7O5S. The van der Waals surface area contributed by atoms with Gasteiger partial charge in [-0.15, -0.1) is 0 Å². The molecule has 2 aliphatic heterocycles. The van der Waals surface area contributed by atoms with Gasteiger partial charge in [0, 0.05) is 55.5 Å². The average Bonchev–Trinajstić information content (AvgIpc) is 3.61. The standard InChI is InChI=1S/C43H47F2N7O5S/c1-5-28-25-34(37(57-6-2)26-35(28)51-21-16-27(17-22-51)18-23-58(4,54)55)48-43-46-19-15-33(47-43)41-39(49-38-12-7-8-20-52(38)41)29-13-14-36(56-3)30(24-29)42(53)50-40-31(44)10-9-11-32(40)45/h7-14,19-20,24-27,33H,5-6,15-18,21-23H2,1-4H3,(H,47,48)(H,50,53). The van der Waals surface area contributed by atoms with Gasteiger partial charge in [0.2, 0.25) is 5.96 Å². The fourth-order valence-corrected chi connectivity index (χ4v) is 8.38. The topological polar surface area (TPSA) is 139 Å². The van der Waals surface area contributed by atoms with E-state index in [1.54, 1.807) is 18.2 Å². The number of piperidine rings is 1. The minimum absolute atomic E-state index is 0.0664. The lowest BCUT2D eigenvalue weighted by atomic mass is 9.93. The molecule has 2 aliphatic rings. The first-order valence-corrected chi connectivity index (χ1v) is 21.5. The summed E-state index contributed by atoms with van der Waals surface area (Å²) >= 11 is 0. The number of methoxy groups -OCH3 is 1. The first-order valence-electron chi connectivity index (χ1n) is 19.5. The summed E-state index contributed by atoms with van der Waals surface area (Å²) in [7, 11) is -1.57. The van der Waals surface area contributed by atoms with Gasteiger partial charge in [-0.1, -0.05) is 19.1 Å². The van der Waals surface area contributed by atoms with E-state index in [0.29, 0.717) is 54.0 Å². The summed E-state index contributed by atoms with van der Waals surface area (Å²) in [5.41, 5.74) is 5.05. The van der Waals surface area contributed by atoms with Crippen molar-refractivity contribution in [2.45, 2.75) is 52.0 Å². The molecule has 15 heteroatoms. The smallest absolute Gasteiger partial charge is 0.259 e. The first kappa shape index (κ1) is 40.4. The van der Waals surface area contributed by atoms with E-state index in [4.69, 9.17) is 19.5 Å². The fourth-order valence-electron chi connectivity index (χ4n) is 7.61. The highest BCUT2D eigenvalue weighted by molar-refractivity contribution is 7.90. The second-order valence-electron chi connectivity index (χ2n) is 14.5. The van der Waals surface area contributed by atoms with Crippen LogP contribution < -0.4 is 25.0 Å². The van der Waals surface area contributed by atoms with Crippen LogP contribution in [0, 0.1) is 17.6 Å². The third kappa shape index (κ3) is 8.84. The summed E-state index contributed by atoms with van der Waals surface area (Å²) in [5.74, 6) is -0.670. The summed E-state index contributed by atoms with van der Waals surface area (Å²) < 4.78 is 66.1. The fraction of sp³-hybridized carbons (Fsp3) is 0.349. The minimum atomic E-state index is -2.99. The zero-order chi connectivity index (χ0) is 41.0. The number of fused-ring (bicyclic) bond motifs is 1. The molecule has 0 spiro atoms. The maximum atomic E-state index is 14.5. The van der Waals surface area contributed by atoms with Crippen molar-refractivity contribution in [3.63, 3.8) is 0 Å². The Morgan fingerprint density at radius 3 is 2.47 bits per heavy atom. The summed E-state index contributed by atoms with van der Waals surface area (Å²) in [6.45, 7) is 6.19. The number of hydrogen-bond acceptors (Lipinski definition) is 10. The quantitative estimate of drug-likeness (QED) is 0.122. The van der Waals surface area contributed by atoms with Gasteiger partial charge in [-0.2, -0.15) is 0 Å². The van der Waals surface area contributed by atoms with Gasteiger partial charge in [0.15, 0.2) is 0 Å². The Hall–Kier alpha value is -5.83. The molecule has 2 N–H and O–H groups in total. The maximum Gasteiger partial charge on any atom is 0.259 e. The van der Waals surface area contributed by atoms with E-state index in [1.165, 1.54) is 19.4 Å². The Labute approximate surface area is 336 Å². The van der Waals surface area contributed by atoms with E-state index in [0.717, 1.165) is 67.1 Å². The number of nitrogens with one attached hydrogen (secondary N) is 2. The number of carbonyl (C=O) groups excluding carboxylic acids is 1. The molecule has 12 nitrogen and oxygen atoms in total. The number of carbonyl (C=O) groups is 1. The summed E-state index contributed by atoms with van der Waals surface area (Å²) in [6.07, 6.45) is 8.82. The van der Waals surface area contributed by atoms with Gasteiger partial charge in [-0.05, 0) is 92.6 Å². The highest BCUT2D eigenvalue weighted by Crippen LogP contribution is 2.39. The average molecular weight is 812 g/mol. The SMILES string of the molecule is CCOc1cc(N2CCC(CCS(C)(=O)=O)CC2)c(CC)cc1NC1=NC(c2c(-c3ccc(OC)c(C(=O)Nc4c(F)cccc4F)c3)nc3ccccn23)CC=N1. The van der Waals surface area contributed by atoms with Gasteiger partial charge in [-0.25, -0.2) is 32.2 Å². The summed E-state index contributed by atoms with van der Waals surface area (Å²) in [5, 5.41) is 5.80. The Balaban J connectivity index is 1.19. The number of aryl methyl sites for hydroxylation is 1. The number of halogens is 2. The molecule has 5 aromatic rings. The second kappa shape index (κ2) is 17.3. The molecule has 0 saturated carbocycles. The Morgan fingerprint density at radius 1 is 0.983 bits per heavy atom. The van der Waals surface area contributed by atoms with Crippen molar-refractivity contribution in [3.8, 4) is 22.8 Å². The molecule has 2 aromatic heterocycles. The Morgan fingerprint density at radius 2 is 1.76 bits per heavy atom.